The SMILES string of the molecule is [2H]c1ccccc1-c1ccccc1C=O. The Balaban J connectivity index is 2.64. The largest absolute Gasteiger partial charge is 0.298 e. The zero-order valence-electron chi connectivity index (χ0n) is 8.60. The first-order valence-corrected chi connectivity index (χ1v) is 4.43. The van der Waals surface area contributed by atoms with Crippen molar-refractivity contribution in [3.63, 3.8) is 0 Å². The van der Waals surface area contributed by atoms with Gasteiger partial charge in [0.1, 0.15) is 0 Å². The van der Waals surface area contributed by atoms with Crippen LogP contribution in [-0.2, 0) is 0 Å². The Morgan fingerprint density at radius 1 is 1.00 bits per heavy atom. The molecule has 0 N–H and O–H groups in total. The van der Waals surface area contributed by atoms with Crippen LogP contribution in [0.4, 0.5) is 0 Å². The Kier molecular flexibility index (Phi) is 2.08. The van der Waals surface area contributed by atoms with Crippen LogP contribution in [-0.4, -0.2) is 6.29 Å². The molecule has 0 radical (unpaired) electrons. The van der Waals surface area contributed by atoms with E-state index in [4.69, 9.17) is 1.37 Å². The van der Waals surface area contributed by atoms with Crippen molar-refractivity contribution in [3.8, 4) is 11.1 Å². The van der Waals surface area contributed by atoms with E-state index in [1.165, 1.54) is 0 Å². The minimum Gasteiger partial charge on any atom is -0.298 e. The maximum Gasteiger partial charge on any atom is 0.150 e. The van der Waals surface area contributed by atoms with Crippen LogP contribution in [0.3, 0.4) is 0 Å². The van der Waals surface area contributed by atoms with Crippen molar-refractivity contribution in [2.75, 3.05) is 0 Å². The van der Waals surface area contributed by atoms with Gasteiger partial charge in [-0.3, -0.25) is 4.79 Å². The first-order valence-electron chi connectivity index (χ1n) is 4.93. The molecule has 2 aromatic rings. The summed E-state index contributed by atoms with van der Waals surface area (Å²) in [5.41, 5.74) is 2.23. The first-order chi connectivity index (χ1) is 7.33. The van der Waals surface area contributed by atoms with Crippen LogP contribution >= 0.6 is 0 Å². The van der Waals surface area contributed by atoms with E-state index in [1.807, 2.05) is 36.4 Å². The Labute approximate surface area is 84.4 Å². The third-order valence-electron chi connectivity index (χ3n) is 2.09. The molecule has 0 fully saturated rings. The van der Waals surface area contributed by atoms with Crippen LogP contribution in [0.15, 0.2) is 54.6 Å². The summed E-state index contributed by atoms with van der Waals surface area (Å²) in [5.74, 6) is 0. The number of aldehydes is 1. The fourth-order valence-electron chi connectivity index (χ4n) is 1.41. The fourth-order valence-corrected chi connectivity index (χ4v) is 1.41. The predicted octanol–water partition coefficient (Wildman–Crippen LogP) is 3.17. The molecule has 0 amide bonds. The Hall–Kier alpha value is -1.89. The van der Waals surface area contributed by atoms with E-state index in [-0.39, 0.29) is 0 Å². The molecular weight excluding hydrogens is 172 g/mol. The van der Waals surface area contributed by atoms with Gasteiger partial charge in [0.05, 0.1) is 1.37 Å². The van der Waals surface area contributed by atoms with E-state index in [2.05, 4.69) is 0 Å². The highest BCUT2D eigenvalue weighted by Gasteiger charge is 2.01. The van der Waals surface area contributed by atoms with Crippen LogP contribution < -0.4 is 0 Å². The molecule has 0 aliphatic carbocycles. The molecule has 0 bridgehead atoms. The molecule has 0 saturated carbocycles. The molecule has 2 rings (SSSR count). The lowest BCUT2D eigenvalue weighted by Crippen LogP contribution is -1.85. The molecule has 0 aliphatic rings. The number of hydrogen-bond acceptors (Lipinski definition) is 1. The monoisotopic (exact) mass is 183 g/mol. The molecule has 0 atom stereocenters. The highest BCUT2D eigenvalue weighted by Crippen LogP contribution is 2.21. The number of benzene rings is 2. The van der Waals surface area contributed by atoms with Gasteiger partial charge in [-0.25, -0.2) is 0 Å². The maximum atomic E-state index is 10.9. The average molecular weight is 183 g/mol. The second-order valence-corrected chi connectivity index (χ2v) is 2.98. The smallest absolute Gasteiger partial charge is 0.150 e. The normalized spacial score (nSPS) is 10.7. The number of carbonyl (C=O) groups is 1. The molecule has 1 nitrogen and oxygen atoms in total. The van der Waals surface area contributed by atoms with Crippen molar-refractivity contribution in [2.45, 2.75) is 0 Å². The van der Waals surface area contributed by atoms with Crippen molar-refractivity contribution < 1.29 is 6.17 Å². The topological polar surface area (TPSA) is 17.1 Å². The van der Waals surface area contributed by atoms with Crippen LogP contribution in [0.25, 0.3) is 11.1 Å². The zero-order valence-corrected chi connectivity index (χ0v) is 7.60. The van der Waals surface area contributed by atoms with Crippen molar-refractivity contribution >= 4 is 6.29 Å². The highest BCUT2D eigenvalue weighted by molar-refractivity contribution is 5.87. The van der Waals surface area contributed by atoms with Gasteiger partial charge < -0.3 is 0 Å². The quantitative estimate of drug-likeness (QED) is 0.653. The third kappa shape index (κ3) is 1.57. The molecule has 0 unspecified atom stereocenters. The van der Waals surface area contributed by atoms with Crippen molar-refractivity contribution in [2.24, 2.45) is 0 Å². The van der Waals surface area contributed by atoms with E-state index < -0.39 is 0 Å². The van der Waals surface area contributed by atoms with Crippen molar-refractivity contribution in [1.29, 1.82) is 0 Å². The molecule has 14 heavy (non-hydrogen) atoms. The summed E-state index contributed by atoms with van der Waals surface area (Å²) in [5, 5.41) is 0. The summed E-state index contributed by atoms with van der Waals surface area (Å²) in [6, 6.07) is 15.0. The van der Waals surface area contributed by atoms with Crippen LogP contribution in [0.1, 0.15) is 11.7 Å². The standard InChI is InChI=1S/C13H10O/c14-10-12-8-4-5-9-13(12)11-6-2-1-3-7-11/h1-10H/i6D. The van der Waals surface area contributed by atoms with E-state index in [0.29, 0.717) is 11.6 Å². The summed E-state index contributed by atoms with van der Waals surface area (Å²) < 4.78 is 7.76. The minimum absolute atomic E-state index is 0.437. The molecule has 0 saturated heterocycles. The molecule has 0 spiro atoms. The Bertz CT molecular complexity index is 491. The Morgan fingerprint density at radius 2 is 1.79 bits per heavy atom. The molecule has 0 aromatic heterocycles. The summed E-state index contributed by atoms with van der Waals surface area (Å²) in [4.78, 5) is 10.9. The number of hydrogen-bond donors (Lipinski definition) is 0. The first kappa shape index (κ1) is 7.51. The predicted molar refractivity (Wildman–Crippen MR) is 57.3 cm³/mol. The van der Waals surface area contributed by atoms with Crippen molar-refractivity contribution in [3.05, 3.63) is 60.1 Å². The maximum absolute atomic E-state index is 10.9. The van der Waals surface area contributed by atoms with E-state index in [9.17, 15) is 4.79 Å². The van der Waals surface area contributed by atoms with Gasteiger partial charge >= 0.3 is 0 Å². The minimum atomic E-state index is 0.437. The lowest BCUT2D eigenvalue weighted by Gasteiger charge is -2.03. The number of carbonyl (C=O) groups excluding carboxylic acids is 1. The summed E-state index contributed by atoms with van der Waals surface area (Å²) in [6.45, 7) is 0. The highest BCUT2D eigenvalue weighted by atomic mass is 16.1. The summed E-state index contributed by atoms with van der Waals surface area (Å²) >= 11 is 0. The van der Waals surface area contributed by atoms with Gasteiger partial charge in [-0.15, -0.1) is 0 Å². The van der Waals surface area contributed by atoms with Gasteiger partial charge in [0.2, 0.25) is 0 Å². The van der Waals surface area contributed by atoms with E-state index >= 15 is 0 Å². The fraction of sp³-hybridized carbons (Fsp3) is 0. The average Bonchev–Trinajstić information content (AvgIpc) is 2.30. The molecular formula is C13H10O. The molecule has 0 heterocycles. The molecule has 68 valence electrons. The van der Waals surface area contributed by atoms with Gasteiger partial charge in [-0.1, -0.05) is 54.6 Å². The van der Waals surface area contributed by atoms with Crippen LogP contribution in [0, 0.1) is 0 Å². The van der Waals surface area contributed by atoms with Crippen LogP contribution in [0.2, 0.25) is 0 Å². The van der Waals surface area contributed by atoms with E-state index in [0.717, 1.165) is 17.4 Å². The third-order valence-corrected chi connectivity index (χ3v) is 2.09. The lowest BCUT2D eigenvalue weighted by atomic mass is 10.0. The molecule has 0 aliphatic heterocycles. The van der Waals surface area contributed by atoms with E-state index in [1.54, 1.807) is 12.1 Å². The van der Waals surface area contributed by atoms with Crippen LogP contribution in [0.5, 0.6) is 0 Å². The summed E-state index contributed by atoms with van der Waals surface area (Å²) in [6.07, 6.45) is 0.821. The lowest BCUT2D eigenvalue weighted by molar-refractivity contribution is 0.112. The Morgan fingerprint density at radius 3 is 2.57 bits per heavy atom. The van der Waals surface area contributed by atoms with Gasteiger partial charge in [-0.05, 0) is 11.1 Å². The molecule has 1 heteroatoms. The molecule has 2 aromatic carbocycles. The van der Waals surface area contributed by atoms with Gasteiger partial charge in [-0.2, -0.15) is 0 Å². The zero-order chi connectivity index (χ0) is 10.7. The second-order valence-electron chi connectivity index (χ2n) is 2.98. The summed E-state index contributed by atoms with van der Waals surface area (Å²) in [7, 11) is 0. The van der Waals surface area contributed by atoms with Gasteiger partial charge in [0.25, 0.3) is 0 Å². The van der Waals surface area contributed by atoms with Gasteiger partial charge in [0.15, 0.2) is 6.29 Å². The van der Waals surface area contributed by atoms with Crippen molar-refractivity contribution in [1.82, 2.24) is 0 Å². The second kappa shape index (κ2) is 3.88. The number of rotatable bonds is 2. The van der Waals surface area contributed by atoms with Gasteiger partial charge in [0, 0.05) is 5.56 Å².